The van der Waals surface area contributed by atoms with Crippen LogP contribution >= 0.6 is 0 Å². The Balaban J connectivity index is 1.33. The van der Waals surface area contributed by atoms with Crippen molar-refractivity contribution in [3.8, 4) is 0 Å². The van der Waals surface area contributed by atoms with Crippen LogP contribution in [0.25, 0.3) is 0 Å². The van der Waals surface area contributed by atoms with Crippen LogP contribution in [0.3, 0.4) is 0 Å². The lowest BCUT2D eigenvalue weighted by Crippen LogP contribution is -2.38. The number of ether oxygens (including phenoxy) is 1. The zero-order valence-electron chi connectivity index (χ0n) is 19.7. The first-order valence-electron chi connectivity index (χ1n) is 11.4. The topological polar surface area (TPSA) is 84.0 Å². The largest absolute Gasteiger partial charge is 0.452 e. The minimum absolute atomic E-state index is 0.0294. The first-order valence-corrected chi connectivity index (χ1v) is 11.4. The molecule has 0 bridgehead atoms. The number of hydrogen-bond donors (Lipinski definition) is 0. The zero-order valence-corrected chi connectivity index (χ0v) is 19.7. The minimum atomic E-state index is -0.730. The zero-order chi connectivity index (χ0) is 24.9. The van der Waals surface area contributed by atoms with Crippen molar-refractivity contribution in [2.24, 2.45) is 0 Å². The molecule has 0 spiro atoms. The average molecular weight is 469 g/mol. The molecule has 0 N–H and O–H groups in total. The summed E-state index contributed by atoms with van der Waals surface area (Å²) in [5.74, 6) is -1.97. The third-order valence-electron chi connectivity index (χ3n) is 6.53. The quantitative estimate of drug-likeness (QED) is 0.423. The number of amides is 3. The van der Waals surface area contributed by atoms with Crippen molar-refractivity contribution in [3.05, 3.63) is 94.0 Å². The van der Waals surface area contributed by atoms with Gasteiger partial charge in [-0.3, -0.25) is 14.4 Å². The predicted molar refractivity (Wildman–Crippen MR) is 131 cm³/mol. The van der Waals surface area contributed by atoms with E-state index in [1.165, 1.54) is 18.2 Å². The van der Waals surface area contributed by atoms with Gasteiger partial charge in [-0.05, 0) is 74.2 Å². The van der Waals surface area contributed by atoms with Gasteiger partial charge in [-0.1, -0.05) is 30.3 Å². The third kappa shape index (κ3) is 3.79. The van der Waals surface area contributed by atoms with Crippen LogP contribution in [0, 0.1) is 13.8 Å². The number of nitrogens with zero attached hydrogens (tertiary/aromatic N) is 2. The van der Waals surface area contributed by atoms with Crippen molar-refractivity contribution < 1.29 is 23.9 Å². The Bertz CT molecular complexity index is 1410. The van der Waals surface area contributed by atoms with E-state index in [1.54, 1.807) is 11.0 Å². The van der Waals surface area contributed by atoms with E-state index in [4.69, 9.17) is 4.74 Å². The molecule has 0 aliphatic carbocycles. The fourth-order valence-corrected chi connectivity index (χ4v) is 4.77. The number of para-hydroxylation sites is 1. The van der Waals surface area contributed by atoms with Gasteiger partial charge >= 0.3 is 5.97 Å². The molecule has 5 rings (SSSR count). The van der Waals surface area contributed by atoms with Gasteiger partial charge in [0.15, 0.2) is 6.61 Å². The molecule has 2 heterocycles. The lowest BCUT2D eigenvalue weighted by atomic mass is 10.1. The lowest BCUT2D eigenvalue weighted by molar-refractivity contribution is -0.122. The first kappa shape index (κ1) is 22.5. The monoisotopic (exact) mass is 468 g/mol. The fraction of sp³-hybridized carbons (Fsp3) is 0.214. The van der Waals surface area contributed by atoms with Crippen LogP contribution in [-0.2, 0) is 16.0 Å². The molecule has 35 heavy (non-hydrogen) atoms. The van der Waals surface area contributed by atoms with E-state index < -0.39 is 24.4 Å². The summed E-state index contributed by atoms with van der Waals surface area (Å²) in [6.07, 6.45) is 0.744. The van der Waals surface area contributed by atoms with Crippen molar-refractivity contribution in [2.45, 2.75) is 33.2 Å². The van der Waals surface area contributed by atoms with Crippen molar-refractivity contribution in [3.63, 3.8) is 0 Å². The molecule has 0 radical (unpaired) electrons. The number of fused-ring (bicyclic) bond motifs is 2. The second-order valence-electron chi connectivity index (χ2n) is 9.02. The number of carbonyl (C=O) groups is 4. The van der Waals surface area contributed by atoms with Gasteiger partial charge in [-0.2, -0.15) is 0 Å². The van der Waals surface area contributed by atoms with E-state index in [0.717, 1.165) is 33.7 Å². The molecule has 2 aliphatic rings. The minimum Gasteiger partial charge on any atom is -0.452 e. The molecule has 2 aliphatic heterocycles. The smallest absolute Gasteiger partial charge is 0.338 e. The molecular weight excluding hydrogens is 444 g/mol. The third-order valence-corrected chi connectivity index (χ3v) is 6.53. The normalized spacial score (nSPS) is 16.4. The second kappa shape index (κ2) is 8.51. The number of hydrogen-bond acceptors (Lipinski definition) is 5. The van der Waals surface area contributed by atoms with E-state index in [0.29, 0.717) is 5.69 Å². The van der Waals surface area contributed by atoms with Gasteiger partial charge < -0.3 is 9.64 Å². The van der Waals surface area contributed by atoms with Crippen LogP contribution in [0.4, 0.5) is 11.4 Å². The Morgan fingerprint density at radius 2 is 1.66 bits per heavy atom. The maximum atomic E-state index is 13.1. The number of anilines is 2. The molecule has 176 valence electrons. The Morgan fingerprint density at radius 1 is 0.914 bits per heavy atom. The van der Waals surface area contributed by atoms with Gasteiger partial charge in [0.05, 0.1) is 22.4 Å². The van der Waals surface area contributed by atoms with Crippen molar-refractivity contribution in [1.29, 1.82) is 0 Å². The highest BCUT2D eigenvalue weighted by atomic mass is 16.5. The molecule has 3 amide bonds. The molecule has 0 saturated heterocycles. The van der Waals surface area contributed by atoms with Gasteiger partial charge in [0.1, 0.15) is 0 Å². The summed E-state index contributed by atoms with van der Waals surface area (Å²) in [6, 6.07) is 17.4. The SMILES string of the molecule is Cc1ccc(C)c(N2C(=O)c3ccc(C(=O)OCC(=O)N4c5ccccc5C[C@@H]4C)cc3C2=O)c1. The van der Waals surface area contributed by atoms with Crippen LogP contribution in [0.15, 0.2) is 60.7 Å². The molecule has 1 atom stereocenters. The van der Waals surface area contributed by atoms with Gasteiger partial charge in [-0.25, -0.2) is 9.69 Å². The van der Waals surface area contributed by atoms with Gasteiger partial charge in [0.25, 0.3) is 17.7 Å². The van der Waals surface area contributed by atoms with Crippen molar-refractivity contribution in [1.82, 2.24) is 0 Å². The molecule has 0 unspecified atom stereocenters. The number of esters is 1. The fourth-order valence-electron chi connectivity index (χ4n) is 4.77. The lowest BCUT2D eigenvalue weighted by Gasteiger charge is -2.22. The van der Waals surface area contributed by atoms with E-state index in [1.807, 2.05) is 57.2 Å². The Hall–Kier alpha value is -4.26. The molecule has 0 saturated carbocycles. The van der Waals surface area contributed by atoms with E-state index >= 15 is 0 Å². The number of carbonyl (C=O) groups excluding carboxylic acids is 4. The standard InChI is InChI=1S/C28H24N2O5/c1-16-8-9-17(2)24(12-16)30-26(32)21-11-10-20(14-22(21)27(30)33)28(34)35-15-25(31)29-18(3)13-19-6-4-5-7-23(19)29/h4-12,14,18H,13,15H2,1-3H3/t18-/m0/s1. The van der Waals surface area contributed by atoms with Crippen LogP contribution in [-0.4, -0.2) is 36.3 Å². The van der Waals surface area contributed by atoms with Crippen LogP contribution in [0.2, 0.25) is 0 Å². The van der Waals surface area contributed by atoms with E-state index in [-0.39, 0.29) is 28.6 Å². The first-order chi connectivity index (χ1) is 16.8. The number of aryl methyl sites for hydroxylation is 2. The summed E-state index contributed by atoms with van der Waals surface area (Å²) < 4.78 is 5.29. The number of rotatable bonds is 4. The highest BCUT2D eigenvalue weighted by Crippen LogP contribution is 2.33. The molecule has 7 heteroatoms. The summed E-state index contributed by atoms with van der Waals surface area (Å²) in [5, 5.41) is 0. The highest BCUT2D eigenvalue weighted by Gasteiger charge is 2.38. The maximum Gasteiger partial charge on any atom is 0.338 e. The number of imide groups is 1. The molecular formula is C28H24N2O5. The van der Waals surface area contributed by atoms with Crippen LogP contribution in [0.1, 0.15) is 54.7 Å². The Morgan fingerprint density at radius 3 is 2.46 bits per heavy atom. The van der Waals surface area contributed by atoms with Crippen LogP contribution < -0.4 is 9.80 Å². The predicted octanol–water partition coefficient (Wildman–Crippen LogP) is 4.24. The summed E-state index contributed by atoms with van der Waals surface area (Å²) in [4.78, 5) is 54.5. The van der Waals surface area contributed by atoms with Crippen molar-refractivity contribution >= 4 is 35.1 Å². The van der Waals surface area contributed by atoms with E-state index in [9.17, 15) is 19.2 Å². The number of benzene rings is 3. The van der Waals surface area contributed by atoms with E-state index in [2.05, 4.69) is 0 Å². The summed E-state index contributed by atoms with van der Waals surface area (Å²) in [7, 11) is 0. The maximum absolute atomic E-state index is 13.1. The summed E-state index contributed by atoms with van der Waals surface area (Å²) in [6.45, 7) is 5.25. The summed E-state index contributed by atoms with van der Waals surface area (Å²) >= 11 is 0. The van der Waals surface area contributed by atoms with Gasteiger partial charge in [0.2, 0.25) is 0 Å². The molecule has 0 fully saturated rings. The van der Waals surface area contributed by atoms with Gasteiger partial charge in [-0.15, -0.1) is 0 Å². The molecule has 0 aromatic heterocycles. The second-order valence-corrected chi connectivity index (χ2v) is 9.02. The average Bonchev–Trinajstić information content (AvgIpc) is 3.31. The van der Waals surface area contributed by atoms with Crippen LogP contribution in [0.5, 0.6) is 0 Å². The molecule has 7 nitrogen and oxygen atoms in total. The van der Waals surface area contributed by atoms with Crippen molar-refractivity contribution in [2.75, 3.05) is 16.4 Å². The highest BCUT2D eigenvalue weighted by molar-refractivity contribution is 6.35. The Labute approximate surface area is 202 Å². The summed E-state index contributed by atoms with van der Waals surface area (Å²) in [5.41, 5.74) is 4.61. The molecule has 3 aromatic carbocycles. The molecule has 3 aromatic rings. The Kier molecular flexibility index (Phi) is 5.47. The van der Waals surface area contributed by atoms with Gasteiger partial charge in [0, 0.05) is 11.7 Å².